The number of aromatic nitrogens is 2. The second kappa shape index (κ2) is 7.94. The minimum absolute atomic E-state index is 0.0712. The van der Waals surface area contributed by atoms with Crippen molar-refractivity contribution >= 4 is 5.82 Å². The molecule has 1 rings (SSSR count). The first-order chi connectivity index (χ1) is 9.08. The molecule has 0 radical (unpaired) electrons. The van der Waals surface area contributed by atoms with Crippen LogP contribution in [0.5, 0.6) is 0 Å². The molecule has 0 bridgehead atoms. The van der Waals surface area contributed by atoms with Crippen LogP contribution in [0, 0.1) is 0 Å². The fraction of sp³-hybridized carbons (Fsp3) is 0.714. The van der Waals surface area contributed by atoms with Crippen LogP contribution in [0.4, 0.5) is 5.82 Å². The summed E-state index contributed by atoms with van der Waals surface area (Å²) in [6.07, 6.45) is 5.48. The number of anilines is 1. The highest BCUT2D eigenvalue weighted by Crippen LogP contribution is 2.04. The van der Waals surface area contributed by atoms with Crippen LogP contribution in [0.2, 0.25) is 0 Å². The molecule has 1 atom stereocenters. The van der Waals surface area contributed by atoms with Gasteiger partial charge < -0.3 is 14.8 Å². The molecule has 1 unspecified atom stereocenters. The molecule has 1 N–H and O–H groups in total. The highest BCUT2D eigenvalue weighted by atomic mass is 16.1. The minimum Gasteiger partial charge on any atom is -0.363 e. The van der Waals surface area contributed by atoms with Crippen molar-refractivity contribution in [1.29, 1.82) is 0 Å². The van der Waals surface area contributed by atoms with Crippen molar-refractivity contribution in [2.24, 2.45) is 7.05 Å². The molecule has 0 aliphatic carbocycles. The predicted octanol–water partition coefficient (Wildman–Crippen LogP) is 1.70. The second-order valence-corrected chi connectivity index (χ2v) is 4.91. The van der Waals surface area contributed by atoms with Crippen LogP contribution in [-0.4, -0.2) is 40.1 Å². The maximum Gasteiger partial charge on any atom is 0.293 e. The summed E-state index contributed by atoms with van der Waals surface area (Å²) >= 11 is 0. The maximum atomic E-state index is 11.8. The van der Waals surface area contributed by atoms with Crippen LogP contribution in [0.1, 0.15) is 33.6 Å². The molecule has 0 saturated heterocycles. The molecule has 108 valence electrons. The van der Waals surface area contributed by atoms with Gasteiger partial charge in [-0.05, 0) is 39.4 Å². The smallest absolute Gasteiger partial charge is 0.293 e. The highest BCUT2D eigenvalue weighted by molar-refractivity contribution is 5.31. The summed E-state index contributed by atoms with van der Waals surface area (Å²) in [4.78, 5) is 18.3. The first-order valence-corrected chi connectivity index (χ1v) is 7.09. The lowest BCUT2D eigenvalue weighted by Gasteiger charge is -2.19. The largest absolute Gasteiger partial charge is 0.363 e. The molecule has 1 aromatic heterocycles. The quantitative estimate of drug-likeness (QED) is 0.778. The summed E-state index contributed by atoms with van der Waals surface area (Å²) in [7, 11) is 1.74. The van der Waals surface area contributed by atoms with Gasteiger partial charge in [0.15, 0.2) is 5.82 Å². The van der Waals surface area contributed by atoms with Gasteiger partial charge in [0.05, 0.1) is 0 Å². The van der Waals surface area contributed by atoms with Crippen LogP contribution in [-0.2, 0) is 7.05 Å². The number of hydrogen-bond acceptors (Lipinski definition) is 4. The Balaban J connectivity index is 2.41. The molecule has 1 aromatic rings. The monoisotopic (exact) mass is 266 g/mol. The van der Waals surface area contributed by atoms with Crippen molar-refractivity contribution in [3.05, 3.63) is 22.7 Å². The molecule has 0 amide bonds. The van der Waals surface area contributed by atoms with Gasteiger partial charge in [-0.15, -0.1) is 0 Å². The van der Waals surface area contributed by atoms with E-state index in [1.807, 2.05) is 0 Å². The van der Waals surface area contributed by atoms with E-state index in [2.05, 4.69) is 36.0 Å². The van der Waals surface area contributed by atoms with Gasteiger partial charge in [0, 0.05) is 25.5 Å². The van der Waals surface area contributed by atoms with Crippen LogP contribution in [0.25, 0.3) is 0 Å². The standard InChI is InChI=1S/C14H26N4O/c1-5-18(6-2)10-7-8-12(3)16-13-14(19)17(4)11-9-15-13/h9,11-12H,5-8,10H2,1-4H3,(H,15,16). The van der Waals surface area contributed by atoms with Crippen molar-refractivity contribution in [3.8, 4) is 0 Å². The van der Waals surface area contributed by atoms with E-state index in [1.165, 1.54) is 4.57 Å². The molecule has 1 heterocycles. The Bertz CT molecular complexity index is 426. The summed E-state index contributed by atoms with van der Waals surface area (Å²) in [5, 5.41) is 3.20. The van der Waals surface area contributed by atoms with Gasteiger partial charge in [-0.25, -0.2) is 4.98 Å². The lowest BCUT2D eigenvalue weighted by atomic mass is 10.2. The highest BCUT2D eigenvalue weighted by Gasteiger charge is 2.08. The average molecular weight is 266 g/mol. The maximum absolute atomic E-state index is 11.8. The van der Waals surface area contributed by atoms with Gasteiger partial charge in [-0.1, -0.05) is 13.8 Å². The first kappa shape index (κ1) is 15.7. The molecule has 0 aromatic carbocycles. The Kier molecular flexibility index (Phi) is 6.56. The van der Waals surface area contributed by atoms with Gasteiger partial charge in [0.2, 0.25) is 0 Å². The normalized spacial score (nSPS) is 12.7. The van der Waals surface area contributed by atoms with E-state index in [4.69, 9.17) is 0 Å². The number of hydrogen-bond donors (Lipinski definition) is 1. The second-order valence-electron chi connectivity index (χ2n) is 4.91. The van der Waals surface area contributed by atoms with E-state index < -0.39 is 0 Å². The summed E-state index contributed by atoms with van der Waals surface area (Å²) in [6.45, 7) is 9.76. The number of aryl methyl sites for hydroxylation is 1. The topological polar surface area (TPSA) is 50.2 Å². The van der Waals surface area contributed by atoms with Gasteiger partial charge in [0.1, 0.15) is 0 Å². The van der Waals surface area contributed by atoms with E-state index in [-0.39, 0.29) is 11.6 Å². The Hall–Kier alpha value is -1.36. The van der Waals surface area contributed by atoms with Crippen LogP contribution >= 0.6 is 0 Å². The molecule has 5 nitrogen and oxygen atoms in total. The Labute approximate surface area is 115 Å². The fourth-order valence-electron chi connectivity index (χ4n) is 2.06. The molecule has 0 saturated carbocycles. The van der Waals surface area contributed by atoms with Gasteiger partial charge in [-0.3, -0.25) is 4.79 Å². The SMILES string of the molecule is CCN(CC)CCCC(C)Nc1nccn(C)c1=O. The van der Waals surface area contributed by atoms with E-state index in [0.717, 1.165) is 32.5 Å². The molecule has 5 heteroatoms. The molecular formula is C14H26N4O. The minimum atomic E-state index is -0.0712. The summed E-state index contributed by atoms with van der Waals surface area (Å²) in [5.41, 5.74) is -0.0712. The van der Waals surface area contributed by atoms with Crippen molar-refractivity contribution in [3.63, 3.8) is 0 Å². The van der Waals surface area contributed by atoms with Crippen LogP contribution in [0.15, 0.2) is 17.2 Å². The molecule has 0 spiro atoms. The third kappa shape index (κ3) is 5.03. The molecular weight excluding hydrogens is 240 g/mol. The number of nitrogens with one attached hydrogen (secondary N) is 1. The molecule has 0 aliphatic heterocycles. The van der Waals surface area contributed by atoms with E-state index in [0.29, 0.717) is 5.82 Å². The molecule has 0 fully saturated rings. The van der Waals surface area contributed by atoms with Crippen molar-refractivity contribution in [1.82, 2.24) is 14.5 Å². The number of nitrogens with zero attached hydrogens (tertiary/aromatic N) is 3. The van der Waals surface area contributed by atoms with Crippen molar-refractivity contribution in [2.75, 3.05) is 25.0 Å². The zero-order chi connectivity index (χ0) is 14.3. The summed E-state index contributed by atoms with van der Waals surface area (Å²) < 4.78 is 1.54. The lowest BCUT2D eigenvalue weighted by molar-refractivity contribution is 0.295. The third-order valence-corrected chi connectivity index (χ3v) is 3.41. The Morgan fingerprint density at radius 1 is 1.42 bits per heavy atom. The summed E-state index contributed by atoms with van der Waals surface area (Å²) in [6, 6.07) is 0.262. The Morgan fingerprint density at radius 3 is 2.74 bits per heavy atom. The molecule has 19 heavy (non-hydrogen) atoms. The predicted molar refractivity (Wildman–Crippen MR) is 79.6 cm³/mol. The van der Waals surface area contributed by atoms with Crippen LogP contribution in [0.3, 0.4) is 0 Å². The van der Waals surface area contributed by atoms with Gasteiger partial charge >= 0.3 is 0 Å². The lowest BCUT2D eigenvalue weighted by Crippen LogP contribution is -2.28. The average Bonchev–Trinajstić information content (AvgIpc) is 2.40. The van der Waals surface area contributed by atoms with E-state index in [9.17, 15) is 4.79 Å². The van der Waals surface area contributed by atoms with Crippen LogP contribution < -0.4 is 10.9 Å². The summed E-state index contributed by atoms with van der Waals surface area (Å²) in [5.74, 6) is 0.445. The zero-order valence-corrected chi connectivity index (χ0v) is 12.5. The van der Waals surface area contributed by atoms with E-state index >= 15 is 0 Å². The zero-order valence-electron chi connectivity index (χ0n) is 12.5. The van der Waals surface area contributed by atoms with Crippen molar-refractivity contribution in [2.45, 2.75) is 39.7 Å². The fourth-order valence-corrected chi connectivity index (χ4v) is 2.06. The van der Waals surface area contributed by atoms with E-state index in [1.54, 1.807) is 19.4 Å². The first-order valence-electron chi connectivity index (χ1n) is 7.09. The Morgan fingerprint density at radius 2 is 2.11 bits per heavy atom. The van der Waals surface area contributed by atoms with Gasteiger partial charge in [-0.2, -0.15) is 0 Å². The number of rotatable bonds is 8. The third-order valence-electron chi connectivity index (χ3n) is 3.41. The van der Waals surface area contributed by atoms with Gasteiger partial charge in [0.25, 0.3) is 5.56 Å². The van der Waals surface area contributed by atoms with Crippen molar-refractivity contribution < 1.29 is 0 Å². The molecule has 0 aliphatic rings.